The number of ether oxygens (including phenoxy) is 1. The van der Waals surface area contributed by atoms with Crippen molar-refractivity contribution >= 4 is 22.6 Å². The standard InChI is InChI=1S/C37H62O4Si2/c1-13-15-17-23-35(38)39-33-28-34(41-43(11,12)37(6,7)8)32(31(33)20-14-2)27-26-30(40-42(9,10)36(3,4)5)25-24-29-21-18-16-19-22-29/h13-14,16,18-19,21-22,26-27,30-34H,1-2,15,17,20,23-25,28H2,3-12H3/b27-26+/t30-,31+,32+,33-,34+/m0/s1. The number of esters is 1. The van der Waals surface area contributed by atoms with Gasteiger partial charge in [-0.1, -0.05) is 96.2 Å². The second-order valence-corrected chi connectivity index (χ2v) is 25.0. The zero-order chi connectivity index (χ0) is 32.5. The molecular formula is C37H62O4Si2. The van der Waals surface area contributed by atoms with Crippen molar-refractivity contribution in [2.24, 2.45) is 11.8 Å². The van der Waals surface area contributed by atoms with Gasteiger partial charge in [-0.2, -0.15) is 0 Å². The molecule has 0 radical (unpaired) electrons. The van der Waals surface area contributed by atoms with Crippen LogP contribution in [-0.4, -0.2) is 40.9 Å². The van der Waals surface area contributed by atoms with Crippen LogP contribution in [0.25, 0.3) is 0 Å². The summed E-state index contributed by atoms with van der Waals surface area (Å²) in [6.07, 6.45) is 13.6. The molecule has 1 saturated carbocycles. The predicted octanol–water partition coefficient (Wildman–Crippen LogP) is 10.4. The average molecular weight is 627 g/mol. The first-order valence-electron chi connectivity index (χ1n) is 16.4. The van der Waals surface area contributed by atoms with Crippen LogP contribution in [0.2, 0.25) is 36.3 Å². The van der Waals surface area contributed by atoms with E-state index < -0.39 is 16.6 Å². The Labute approximate surface area is 266 Å². The van der Waals surface area contributed by atoms with Gasteiger partial charge in [0.2, 0.25) is 0 Å². The van der Waals surface area contributed by atoms with Crippen LogP contribution in [0.5, 0.6) is 0 Å². The molecular weight excluding hydrogens is 565 g/mol. The van der Waals surface area contributed by atoms with E-state index in [4.69, 9.17) is 13.6 Å². The lowest BCUT2D eigenvalue weighted by Gasteiger charge is -2.40. The molecule has 1 fully saturated rings. The summed E-state index contributed by atoms with van der Waals surface area (Å²) in [5, 5.41) is 0.196. The van der Waals surface area contributed by atoms with E-state index in [0.717, 1.165) is 32.1 Å². The van der Waals surface area contributed by atoms with E-state index >= 15 is 0 Å². The monoisotopic (exact) mass is 626 g/mol. The molecule has 242 valence electrons. The molecule has 5 atom stereocenters. The van der Waals surface area contributed by atoms with Gasteiger partial charge in [-0.3, -0.25) is 4.79 Å². The zero-order valence-electron chi connectivity index (χ0n) is 29.1. The fourth-order valence-corrected chi connectivity index (χ4v) is 7.91. The first kappa shape index (κ1) is 37.5. The summed E-state index contributed by atoms with van der Waals surface area (Å²) in [6, 6.07) is 10.7. The van der Waals surface area contributed by atoms with E-state index in [0.29, 0.717) is 12.8 Å². The van der Waals surface area contributed by atoms with Gasteiger partial charge in [-0.25, -0.2) is 0 Å². The molecule has 0 aliphatic heterocycles. The highest BCUT2D eigenvalue weighted by Crippen LogP contribution is 2.45. The van der Waals surface area contributed by atoms with Crippen LogP contribution in [0.1, 0.15) is 85.6 Å². The van der Waals surface area contributed by atoms with E-state index in [1.54, 1.807) is 0 Å². The Morgan fingerprint density at radius 1 is 0.953 bits per heavy atom. The van der Waals surface area contributed by atoms with E-state index in [9.17, 15) is 4.79 Å². The van der Waals surface area contributed by atoms with E-state index in [2.05, 4.69) is 123 Å². The van der Waals surface area contributed by atoms with Gasteiger partial charge in [0.25, 0.3) is 0 Å². The number of carbonyl (C=O) groups excluding carboxylic acids is 1. The van der Waals surface area contributed by atoms with Gasteiger partial charge in [0.15, 0.2) is 16.6 Å². The summed E-state index contributed by atoms with van der Waals surface area (Å²) in [4.78, 5) is 12.9. The Kier molecular flexibility index (Phi) is 13.9. The second kappa shape index (κ2) is 16.0. The van der Waals surface area contributed by atoms with Gasteiger partial charge in [0.1, 0.15) is 6.10 Å². The van der Waals surface area contributed by atoms with Gasteiger partial charge < -0.3 is 13.6 Å². The Morgan fingerprint density at radius 2 is 1.58 bits per heavy atom. The molecule has 6 heteroatoms. The van der Waals surface area contributed by atoms with E-state index in [-0.39, 0.29) is 46.2 Å². The highest BCUT2D eigenvalue weighted by atomic mass is 28.4. The molecule has 1 aliphatic rings. The lowest BCUT2D eigenvalue weighted by atomic mass is 9.89. The molecule has 2 rings (SSSR count). The van der Waals surface area contributed by atoms with Crippen LogP contribution in [0, 0.1) is 11.8 Å². The summed E-state index contributed by atoms with van der Waals surface area (Å²) >= 11 is 0. The number of benzene rings is 1. The molecule has 1 aromatic rings. The lowest BCUT2D eigenvalue weighted by molar-refractivity contribution is -0.151. The van der Waals surface area contributed by atoms with Crippen molar-refractivity contribution in [1.29, 1.82) is 0 Å². The maximum atomic E-state index is 12.9. The Bertz CT molecular complexity index is 1050. The van der Waals surface area contributed by atoms with Crippen LogP contribution in [0.3, 0.4) is 0 Å². The Morgan fingerprint density at radius 3 is 2.14 bits per heavy atom. The van der Waals surface area contributed by atoms with Gasteiger partial charge in [0.05, 0.1) is 12.2 Å². The Balaban J connectivity index is 2.43. The van der Waals surface area contributed by atoms with Crippen molar-refractivity contribution in [2.75, 3.05) is 0 Å². The lowest BCUT2D eigenvalue weighted by Crippen LogP contribution is -2.45. The fourth-order valence-electron chi connectivity index (χ4n) is 5.24. The first-order valence-corrected chi connectivity index (χ1v) is 22.2. The molecule has 0 unspecified atom stereocenters. The molecule has 0 N–H and O–H groups in total. The highest BCUT2D eigenvalue weighted by molar-refractivity contribution is 6.74. The third kappa shape index (κ3) is 11.3. The number of hydrogen-bond acceptors (Lipinski definition) is 4. The first-order chi connectivity index (χ1) is 19.9. The van der Waals surface area contributed by atoms with Gasteiger partial charge >= 0.3 is 5.97 Å². The summed E-state index contributed by atoms with van der Waals surface area (Å²) < 4.78 is 20.3. The Hall–Kier alpha value is -1.74. The van der Waals surface area contributed by atoms with Crippen LogP contribution < -0.4 is 0 Å². The maximum absolute atomic E-state index is 12.9. The molecule has 1 aliphatic carbocycles. The van der Waals surface area contributed by atoms with Crippen LogP contribution >= 0.6 is 0 Å². The molecule has 0 saturated heterocycles. The summed E-state index contributed by atoms with van der Waals surface area (Å²) in [5.74, 6) is 0.105. The van der Waals surface area contributed by atoms with Gasteiger partial charge in [-0.05, 0) is 73.9 Å². The molecule has 4 nitrogen and oxygen atoms in total. The number of unbranched alkanes of at least 4 members (excludes halogenated alkanes) is 1. The van der Waals surface area contributed by atoms with Crippen molar-refractivity contribution in [3.63, 3.8) is 0 Å². The fraction of sp³-hybridized carbons (Fsp3) is 0.649. The number of allylic oxidation sites excluding steroid dienone is 2. The van der Waals surface area contributed by atoms with Crippen molar-refractivity contribution in [2.45, 2.75) is 141 Å². The predicted molar refractivity (Wildman–Crippen MR) is 188 cm³/mol. The topological polar surface area (TPSA) is 44.8 Å². The van der Waals surface area contributed by atoms with Crippen molar-refractivity contribution in [3.8, 4) is 0 Å². The highest BCUT2D eigenvalue weighted by Gasteiger charge is 2.48. The van der Waals surface area contributed by atoms with Crippen molar-refractivity contribution in [1.82, 2.24) is 0 Å². The molecule has 0 bridgehead atoms. The van der Waals surface area contributed by atoms with Crippen molar-refractivity contribution < 1.29 is 18.4 Å². The zero-order valence-corrected chi connectivity index (χ0v) is 31.1. The molecule has 0 amide bonds. The molecule has 0 spiro atoms. The van der Waals surface area contributed by atoms with Crippen LogP contribution in [0.4, 0.5) is 0 Å². The molecule has 0 heterocycles. The second-order valence-electron chi connectivity index (χ2n) is 15.5. The minimum absolute atomic E-state index is 0.000459. The molecule has 43 heavy (non-hydrogen) atoms. The van der Waals surface area contributed by atoms with Crippen molar-refractivity contribution in [3.05, 3.63) is 73.4 Å². The number of hydrogen-bond donors (Lipinski definition) is 0. The SMILES string of the molecule is C=CCCCC(=O)O[C@H]1C[C@@H](O[Si](C)(C)C(C)(C)C)[C@H](/C=C/[C@H](CCc2ccccc2)O[Si](C)(C)C(C)(C)C)[C@H]1CC=C. The van der Waals surface area contributed by atoms with E-state index in [1.165, 1.54) is 5.56 Å². The van der Waals surface area contributed by atoms with Gasteiger partial charge in [-0.15, -0.1) is 13.2 Å². The molecule has 0 aromatic heterocycles. The summed E-state index contributed by atoms with van der Waals surface area (Å²) in [7, 11) is -4.09. The summed E-state index contributed by atoms with van der Waals surface area (Å²) in [5.41, 5.74) is 1.33. The molecule has 1 aromatic carbocycles. The maximum Gasteiger partial charge on any atom is 0.306 e. The minimum atomic E-state index is -2.07. The van der Waals surface area contributed by atoms with E-state index in [1.807, 2.05) is 12.2 Å². The average Bonchev–Trinajstić information content (AvgIpc) is 3.19. The number of carbonyl (C=O) groups is 1. The smallest absolute Gasteiger partial charge is 0.306 e. The minimum Gasteiger partial charge on any atom is -0.462 e. The number of aryl methyl sites for hydroxylation is 1. The normalized spacial score (nSPS) is 22.5. The largest absolute Gasteiger partial charge is 0.462 e. The van der Waals surface area contributed by atoms with Crippen LogP contribution in [-0.2, 0) is 24.8 Å². The number of rotatable bonds is 16. The van der Waals surface area contributed by atoms with Crippen LogP contribution in [0.15, 0.2) is 67.8 Å². The quantitative estimate of drug-likeness (QED) is 0.0792. The summed E-state index contributed by atoms with van der Waals surface area (Å²) in [6.45, 7) is 30.9. The third-order valence-electron chi connectivity index (χ3n) is 9.99. The van der Waals surface area contributed by atoms with Gasteiger partial charge in [0, 0.05) is 24.7 Å². The third-order valence-corrected chi connectivity index (χ3v) is 19.0.